The summed E-state index contributed by atoms with van der Waals surface area (Å²) in [6, 6.07) is 4.79. The molecule has 204 valence electrons. The molecular weight excluding hydrogens is 478 g/mol. The molecule has 3 rings (SSSR count). The van der Waals surface area contributed by atoms with Gasteiger partial charge in [-0.15, -0.1) is 0 Å². The molecule has 0 spiro atoms. The zero-order valence-corrected chi connectivity index (χ0v) is 22.2. The first-order valence-electron chi connectivity index (χ1n) is 12.9. The fourth-order valence-corrected chi connectivity index (χ4v) is 4.81. The molecule has 2 fully saturated rings. The quantitative estimate of drug-likeness (QED) is 0.398. The van der Waals surface area contributed by atoms with Gasteiger partial charge in [0, 0.05) is 44.3 Å². The Morgan fingerprint density at radius 2 is 1.70 bits per heavy atom. The largest absolute Gasteiger partial charge is 0.497 e. The lowest BCUT2D eigenvalue weighted by molar-refractivity contribution is -0.664. The Labute approximate surface area is 218 Å². The van der Waals surface area contributed by atoms with Crippen LogP contribution in [0, 0.1) is 5.92 Å². The molecule has 0 aromatic heterocycles. The molecule has 2 saturated heterocycles. The van der Waals surface area contributed by atoms with Gasteiger partial charge in [-0.05, 0) is 31.5 Å². The number of carbonyl (C=O) groups is 4. The van der Waals surface area contributed by atoms with Crippen molar-refractivity contribution in [3.05, 3.63) is 29.8 Å². The average molecular weight is 519 g/mol. The first-order chi connectivity index (χ1) is 17.7. The van der Waals surface area contributed by atoms with Crippen LogP contribution in [0.15, 0.2) is 24.3 Å². The minimum atomic E-state index is -0.958. The molecule has 2 atom stereocenters. The van der Waals surface area contributed by atoms with E-state index in [0.29, 0.717) is 12.3 Å². The Bertz CT molecular complexity index is 947. The van der Waals surface area contributed by atoms with E-state index in [-0.39, 0.29) is 43.4 Å². The monoisotopic (exact) mass is 518 g/mol. The van der Waals surface area contributed by atoms with Gasteiger partial charge < -0.3 is 35.2 Å². The van der Waals surface area contributed by atoms with Crippen molar-refractivity contribution >= 4 is 23.8 Å². The molecule has 11 heteroatoms. The molecule has 1 aromatic rings. The summed E-state index contributed by atoms with van der Waals surface area (Å²) in [5, 5.41) is 7.82. The van der Waals surface area contributed by atoms with Crippen LogP contribution in [0.3, 0.4) is 0 Å². The summed E-state index contributed by atoms with van der Waals surface area (Å²) in [7, 11) is 2.83. The van der Waals surface area contributed by atoms with Crippen molar-refractivity contribution in [1.82, 2.24) is 20.4 Å². The van der Waals surface area contributed by atoms with Gasteiger partial charge in [-0.25, -0.2) is 9.59 Å². The maximum Gasteiger partial charge on any atom is 0.328 e. The van der Waals surface area contributed by atoms with E-state index >= 15 is 0 Å². The van der Waals surface area contributed by atoms with Gasteiger partial charge in [0.05, 0.1) is 33.9 Å². The van der Waals surface area contributed by atoms with Crippen molar-refractivity contribution in [2.45, 2.75) is 51.2 Å². The predicted octanol–water partition coefficient (Wildman–Crippen LogP) is -0.500. The number of nitrogens with one attached hydrogen (secondary N) is 2. The number of quaternary nitrogens is 1. The summed E-state index contributed by atoms with van der Waals surface area (Å²) in [4.78, 5) is 55.5. The number of piperazine rings is 1. The third-order valence-electron chi connectivity index (χ3n) is 6.86. The fourth-order valence-electron chi connectivity index (χ4n) is 4.81. The second-order valence-electron chi connectivity index (χ2n) is 9.87. The van der Waals surface area contributed by atoms with Crippen molar-refractivity contribution in [2.24, 2.45) is 5.92 Å². The van der Waals surface area contributed by atoms with E-state index in [9.17, 15) is 19.2 Å². The molecule has 0 bridgehead atoms. The number of esters is 1. The van der Waals surface area contributed by atoms with Gasteiger partial charge in [-0.1, -0.05) is 12.1 Å². The fraction of sp³-hybridized carbons (Fsp3) is 0.615. The number of methoxy groups -OCH3 is 2. The maximum absolute atomic E-state index is 13.6. The van der Waals surface area contributed by atoms with Gasteiger partial charge in [-0.3, -0.25) is 9.59 Å². The van der Waals surface area contributed by atoms with E-state index in [0.717, 1.165) is 31.5 Å². The van der Waals surface area contributed by atoms with Crippen LogP contribution in [0.1, 0.15) is 32.3 Å². The molecular formula is C26H40N5O6+. The normalized spacial score (nSPS) is 19.2. The van der Waals surface area contributed by atoms with Crippen LogP contribution in [-0.4, -0.2) is 98.7 Å². The number of nitrogens with two attached hydrogens (primary N) is 1. The number of hydrogen-bond donors (Lipinski definition) is 3. The highest BCUT2D eigenvalue weighted by Gasteiger charge is 2.40. The molecule has 0 aliphatic carbocycles. The number of piperidine rings is 1. The van der Waals surface area contributed by atoms with Crippen LogP contribution in [0.4, 0.5) is 4.79 Å². The maximum atomic E-state index is 13.6. The Balaban J connectivity index is 1.78. The first-order valence-corrected chi connectivity index (χ1v) is 12.9. The lowest BCUT2D eigenvalue weighted by Crippen LogP contribution is -2.86. The van der Waals surface area contributed by atoms with E-state index in [1.165, 1.54) is 12.0 Å². The minimum Gasteiger partial charge on any atom is -0.497 e. The topological polar surface area (TPSA) is 134 Å². The molecule has 0 radical (unpaired) electrons. The Hall–Kier alpha value is -3.34. The summed E-state index contributed by atoms with van der Waals surface area (Å²) in [5.41, 5.74) is 0.806. The average Bonchev–Trinajstić information content (AvgIpc) is 2.91. The van der Waals surface area contributed by atoms with Crippen LogP contribution in [0.25, 0.3) is 0 Å². The molecule has 4 N–H and O–H groups in total. The molecule has 11 nitrogen and oxygen atoms in total. The molecule has 2 aliphatic heterocycles. The third kappa shape index (κ3) is 7.58. The lowest BCUT2D eigenvalue weighted by atomic mass is 9.95. The van der Waals surface area contributed by atoms with E-state index in [4.69, 9.17) is 9.47 Å². The molecule has 0 unspecified atom stereocenters. The first kappa shape index (κ1) is 28.2. The van der Waals surface area contributed by atoms with Gasteiger partial charge >= 0.3 is 12.0 Å². The van der Waals surface area contributed by atoms with Gasteiger partial charge in [0.25, 0.3) is 0 Å². The number of nitrogens with zero attached hydrogens (tertiary/aromatic N) is 2. The van der Waals surface area contributed by atoms with Gasteiger partial charge in [0.1, 0.15) is 17.8 Å². The van der Waals surface area contributed by atoms with Crippen molar-refractivity contribution in [2.75, 3.05) is 46.9 Å². The number of benzene rings is 1. The summed E-state index contributed by atoms with van der Waals surface area (Å²) in [6.07, 6.45) is 1.81. The zero-order chi connectivity index (χ0) is 26.9. The second kappa shape index (κ2) is 13.3. The summed E-state index contributed by atoms with van der Waals surface area (Å²) >= 11 is 0. The van der Waals surface area contributed by atoms with E-state index < -0.39 is 24.0 Å². The van der Waals surface area contributed by atoms with Crippen molar-refractivity contribution < 1.29 is 34.0 Å². The minimum absolute atomic E-state index is 0.0255. The van der Waals surface area contributed by atoms with E-state index in [2.05, 4.69) is 16.0 Å². The van der Waals surface area contributed by atoms with Crippen molar-refractivity contribution in [3.63, 3.8) is 0 Å². The molecule has 0 saturated carbocycles. The van der Waals surface area contributed by atoms with E-state index in [1.54, 1.807) is 24.1 Å². The van der Waals surface area contributed by atoms with Crippen LogP contribution in [-0.2, 0) is 25.5 Å². The van der Waals surface area contributed by atoms with Gasteiger partial charge in [0.15, 0.2) is 0 Å². The highest BCUT2D eigenvalue weighted by atomic mass is 16.5. The van der Waals surface area contributed by atoms with Gasteiger partial charge in [-0.2, -0.15) is 0 Å². The predicted molar refractivity (Wildman–Crippen MR) is 136 cm³/mol. The van der Waals surface area contributed by atoms with E-state index in [1.807, 2.05) is 26.0 Å². The molecule has 37 heavy (non-hydrogen) atoms. The Kier molecular flexibility index (Phi) is 10.1. The number of rotatable bonds is 8. The number of ether oxygens (including phenoxy) is 2. The number of carbonyl (C=O) groups excluding carboxylic acids is 4. The highest BCUT2D eigenvalue weighted by molar-refractivity contribution is 5.92. The zero-order valence-electron chi connectivity index (χ0n) is 22.2. The van der Waals surface area contributed by atoms with Gasteiger partial charge in [0.2, 0.25) is 11.8 Å². The van der Waals surface area contributed by atoms with Crippen molar-refractivity contribution in [1.29, 1.82) is 0 Å². The van der Waals surface area contributed by atoms with Crippen LogP contribution >= 0.6 is 0 Å². The molecule has 2 heterocycles. The Morgan fingerprint density at radius 3 is 2.30 bits per heavy atom. The lowest BCUT2D eigenvalue weighted by Gasteiger charge is -2.42. The van der Waals surface area contributed by atoms with Crippen LogP contribution in [0.2, 0.25) is 0 Å². The second-order valence-corrected chi connectivity index (χ2v) is 9.87. The van der Waals surface area contributed by atoms with Crippen molar-refractivity contribution in [3.8, 4) is 5.75 Å². The van der Waals surface area contributed by atoms with Crippen LogP contribution < -0.4 is 20.7 Å². The highest BCUT2D eigenvalue weighted by Crippen LogP contribution is 2.19. The number of hydrogen-bond acceptors (Lipinski definition) is 6. The SMILES string of the molecule is COC(=O)[C@H](Cc1ccc(OC)cc1)NC(=O)[C@@H]1CN(C(=O)C2CC[NH2+]CC2)CCN1C(=O)NC(C)C. The third-order valence-corrected chi connectivity index (χ3v) is 6.86. The summed E-state index contributed by atoms with van der Waals surface area (Å²) in [6.45, 7) is 6.16. The standard InChI is InChI=1S/C26H39N5O6/c1-17(2)28-26(35)31-14-13-30(24(33)19-9-11-27-12-10-19)16-22(31)23(32)29-21(25(34)37-4)15-18-5-7-20(36-3)8-6-18/h5-8,17,19,21-22,27H,9-16H2,1-4H3,(H,28,35)(H,29,32)/p+1/t21-,22-/m0/s1. The number of urea groups is 1. The number of amides is 4. The summed E-state index contributed by atoms with van der Waals surface area (Å²) in [5.74, 6) is -0.459. The summed E-state index contributed by atoms with van der Waals surface area (Å²) < 4.78 is 10.1. The Morgan fingerprint density at radius 1 is 1.03 bits per heavy atom. The smallest absolute Gasteiger partial charge is 0.328 e. The molecule has 1 aromatic carbocycles. The van der Waals surface area contributed by atoms with Crippen LogP contribution in [0.5, 0.6) is 5.75 Å². The molecule has 2 aliphatic rings. The molecule has 4 amide bonds.